The monoisotopic (exact) mass is 395 g/mol. The van der Waals surface area contributed by atoms with Crippen LogP contribution in [0.5, 0.6) is 17.2 Å². The number of hydrogen-bond donors (Lipinski definition) is 1. The smallest absolute Gasteiger partial charge is 0.304 e. The summed E-state index contributed by atoms with van der Waals surface area (Å²) in [7, 11) is 0. The normalized spacial score (nSPS) is 21.9. The number of piperidine rings is 1. The summed E-state index contributed by atoms with van der Waals surface area (Å²) in [5.41, 5.74) is 2.38. The Morgan fingerprint density at radius 1 is 1.14 bits per heavy atom. The van der Waals surface area contributed by atoms with Crippen molar-refractivity contribution >= 4 is 5.97 Å². The standard InChI is InChI=1S/C23H25NO5/c25-22(26)7-10-24-11-8-23(9-12-24)15-28-20-13-16(5-6-18(20)23)29-21-14-27-19-4-2-1-3-17(19)21/h1-6,13,21H,7-12,14-15H2,(H,25,26). The zero-order valence-electron chi connectivity index (χ0n) is 16.3. The van der Waals surface area contributed by atoms with Crippen LogP contribution < -0.4 is 14.2 Å². The van der Waals surface area contributed by atoms with Gasteiger partial charge in [0.2, 0.25) is 0 Å². The molecule has 1 saturated heterocycles. The zero-order valence-corrected chi connectivity index (χ0v) is 16.3. The minimum absolute atomic E-state index is 0.0383. The molecule has 0 aliphatic carbocycles. The highest BCUT2D eigenvalue weighted by Gasteiger charge is 2.43. The molecule has 2 aromatic carbocycles. The molecule has 0 bridgehead atoms. The highest BCUT2D eigenvalue weighted by atomic mass is 16.5. The first-order chi connectivity index (χ1) is 14.1. The van der Waals surface area contributed by atoms with Crippen LogP contribution in [0.15, 0.2) is 42.5 Å². The van der Waals surface area contributed by atoms with Gasteiger partial charge in [-0.1, -0.05) is 24.3 Å². The predicted octanol–water partition coefficient (Wildman–Crippen LogP) is 3.40. The van der Waals surface area contributed by atoms with Crippen molar-refractivity contribution in [2.75, 3.05) is 32.8 Å². The Morgan fingerprint density at radius 3 is 2.79 bits per heavy atom. The topological polar surface area (TPSA) is 68.2 Å². The lowest BCUT2D eigenvalue weighted by Crippen LogP contribution is -2.44. The molecule has 1 spiro atoms. The SMILES string of the molecule is O=C(O)CCN1CCC2(CC1)COc1cc(OC3COc4ccccc43)ccc12. The van der Waals surface area contributed by atoms with Crippen LogP contribution in [0.25, 0.3) is 0 Å². The van der Waals surface area contributed by atoms with Gasteiger partial charge in [-0.15, -0.1) is 0 Å². The van der Waals surface area contributed by atoms with E-state index in [1.165, 1.54) is 5.56 Å². The fourth-order valence-corrected chi connectivity index (χ4v) is 4.69. The molecular formula is C23H25NO5. The maximum absolute atomic E-state index is 10.8. The van der Waals surface area contributed by atoms with E-state index < -0.39 is 5.97 Å². The fourth-order valence-electron chi connectivity index (χ4n) is 4.69. The van der Waals surface area contributed by atoms with Gasteiger partial charge in [-0.05, 0) is 38.1 Å². The molecule has 1 N–H and O–H groups in total. The number of para-hydroxylation sites is 1. The molecule has 152 valence electrons. The van der Waals surface area contributed by atoms with Crippen molar-refractivity contribution in [3.05, 3.63) is 53.6 Å². The van der Waals surface area contributed by atoms with E-state index in [1.807, 2.05) is 36.4 Å². The summed E-state index contributed by atoms with van der Waals surface area (Å²) in [6, 6.07) is 14.2. The molecule has 5 rings (SSSR count). The van der Waals surface area contributed by atoms with Crippen LogP contribution in [0.4, 0.5) is 0 Å². The Kier molecular flexibility index (Phi) is 4.59. The maximum Gasteiger partial charge on any atom is 0.304 e. The third-order valence-electron chi connectivity index (χ3n) is 6.42. The van der Waals surface area contributed by atoms with Gasteiger partial charge in [0.25, 0.3) is 0 Å². The Morgan fingerprint density at radius 2 is 1.97 bits per heavy atom. The molecule has 0 aromatic heterocycles. The number of benzene rings is 2. The second-order valence-electron chi connectivity index (χ2n) is 8.17. The number of likely N-dealkylation sites (tertiary alicyclic amines) is 1. The van der Waals surface area contributed by atoms with E-state index in [0.717, 1.165) is 48.7 Å². The quantitative estimate of drug-likeness (QED) is 0.837. The molecular weight excluding hydrogens is 370 g/mol. The minimum atomic E-state index is -0.734. The van der Waals surface area contributed by atoms with E-state index in [2.05, 4.69) is 11.0 Å². The average Bonchev–Trinajstić information content (AvgIpc) is 3.30. The van der Waals surface area contributed by atoms with E-state index >= 15 is 0 Å². The first-order valence-electron chi connectivity index (χ1n) is 10.2. The van der Waals surface area contributed by atoms with Crippen molar-refractivity contribution in [1.29, 1.82) is 0 Å². The summed E-state index contributed by atoms with van der Waals surface area (Å²) in [6.07, 6.45) is 2.08. The number of ether oxygens (including phenoxy) is 3. The number of carboxylic acid groups (broad SMARTS) is 1. The minimum Gasteiger partial charge on any atom is -0.492 e. The van der Waals surface area contributed by atoms with Gasteiger partial charge in [-0.3, -0.25) is 4.79 Å². The summed E-state index contributed by atoms with van der Waals surface area (Å²) in [5, 5.41) is 8.90. The molecule has 2 aromatic rings. The van der Waals surface area contributed by atoms with Gasteiger partial charge in [-0.25, -0.2) is 0 Å². The number of carboxylic acids is 1. The lowest BCUT2D eigenvalue weighted by molar-refractivity contribution is -0.137. The lowest BCUT2D eigenvalue weighted by Gasteiger charge is -2.38. The number of aliphatic carboxylic acids is 1. The van der Waals surface area contributed by atoms with Crippen molar-refractivity contribution in [3.8, 4) is 17.2 Å². The highest BCUT2D eigenvalue weighted by molar-refractivity contribution is 5.66. The van der Waals surface area contributed by atoms with Crippen LogP contribution in [0.3, 0.4) is 0 Å². The first-order valence-corrected chi connectivity index (χ1v) is 10.2. The summed E-state index contributed by atoms with van der Waals surface area (Å²) >= 11 is 0. The molecule has 0 radical (unpaired) electrons. The largest absolute Gasteiger partial charge is 0.492 e. The average molecular weight is 395 g/mol. The van der Waals surface area contributed by atoms with E-state index in [9.17, 15) is 4.79 Å². The Balaban J connectivity index is 1.27. The van der Waals surface area contributed by atoms with Gasteiger partial charge in [0, 0.05) is 29.2 Å². The molecule has 1 atom stereocenters. The number of nitrogens with zero attached hydrogens (tertiary/aromatic N) is 1. The molecule has 0 amide bonds. The lowest BCUT2D eigenvalue weighted by atomic mass is 9.74. The molecule has 1 fully saturated rings. The molecule has 1 unspecified atom stereocenters. The van der Waals surface area contributed by atoms with E-state index in [4.69, 9.17) is 19.3 Å². The number of carbonyl (C=O) groups is 1. The number of rotatable bonds is 5. The van der Waals surface area contributed by atoms with Crippen LogP contribution in [0, 0.1) is 0 Å². The predicted molar refractivity (Wildman–Crippen MR) is 107 cm³/mol. The van der Waals surface area contributed by atoms with Crippen LogP contribution in [0.2, 0.25) is 0 Å². The summed E-state index contributed by atoms with van der Waals surface area (Å²) in [5.74, 6) is 1.87. The Labute approximate surface area is 170 Å². The van der Waals surface area contributed by atoms with Gasteiger partial charge in [0.05, 0.1) is 13.0 Å². The van der Waals surface area contributed by atoms with Crippen molar-refractivity contribution in [3.63, 3.8) is 0 Å². The molecule has 0 saturated carbocycles. The first kappa shape index (κ1) is 18.3. The fraction of sp³-hybridized carbons (Fsp3) is 0.435. The molecule has 6 heteroatoms. The van der Waals surface area contributed by atoms with Crippen LogP contribution >= 0.6 is 0 Å². The molecule has 3 aliphatic heterocycles. The van der Waals surface area contributed by atoms with Crippen molar-refractivity contribution in [1.82, 2.24) is 4.90 Å². The van der Waals surface area contributed by atoms with Gasteiger partial charge < -0.3 is 24.2 Å². The molecule has 3 heterocycles. The van der Waals surface area contributed by atoms with Gasteiger partial charge in [0.1, 0.15) is 23.9 Å². The van der Waals surface area contributed by atoms with E-state index in [0.29, 0.717) is 19.8 Å². The van der Waals surface area contributed by atoms with Gasteiger partial charge in [-0.2, -0.15) is 0 Å². The zero-order chi connectivity index (χ0) is 19.8. The van der Waals surface area contributed by atoms with Crippen molar-refractivity contribution < 1.29 is 24.1 Å². The highest BCUT2D eigenvalue weighted by Crippen LogP contribution is 2.47. The number of hydrogen-bond acceptors (Lipinski definition) is 5. The Bertz CT molecular complexity index is 919. The Hall–Kier alpha value is -2.73. The molecule has 29 heavy (non-hydrogen) atoms. The van der Waals surface area contributed by atoms with E-state index in [-0.39, 0.29) is 17.9 Å². The van der Waals surface area contributed by atoms with Crippen molar-refractivity contribution in [2.24, 2.45) is 0 Å². The second-order valence-corrected chi connectivity index (χ2v) is 8.17. The van der Waals surface area contributed by atoms with Crippen LogP contribution in [-0.4, -0.2) is 48.8 Å². The second kappa shape index (κ2) is 7.26. The third kappa shape index (κ3) is 3.42. The van der Waals surface area contributed by atoms with Crippen molar-refractivity contribution in [2.45, 2.75) is 30.8 Å². The summed E-state index contributed by atoms with van der Waals surface area (Å²) in [4.78, 5) is 13.1. The summed E-state index contributed by atoms with van der Waals surface area (Å²) < 4.78 is 18.0. The summed E-state index contributed by atoms with van der Waals surface area (Å²) in [6.45, 7) is 3.65. The maximum atomic E-state index is 10.8. The van der Waals surface area contributed by atoms with E-state index in [1.54, 1.807) is 0 Å². The van der Waals surface area contributed by atoms with Gasteiger partial charge >= 0.3 is 5.97 Å². The molecule has 3 aliphatic rings. The number of fused-ring (bicyclic) bond motifs is 3. The van der Waals surface area contributed by atoms with Crippen LogP contribution in [-0.2, 0) is 10.2 Å². The third-order valence-corrected chi connectivity index (χ3v) is 6.42. The molecule has 6 nitrogen and oxygen atoms in total. The van der Waals surface area contributed by atoms with Crippen LogP contribution in [0.1, 0.15) is 36.5 Å². The van der Waals surface area contributed by atoms with Gasteiger partial charge in [0.15, 0.2) is 6.10 Å².